The number of carbonyl (C=O) groups excluding carboxylic acids is 1. The summed E-state index contributed by atoms with van der Waals surface area (Å²) in [6.07, 6.45) is 0. The predicted molar refractivity (Wildman–Crippen MR) is 62.7 cm³/mol. The molecule has 2 N–H and O–H groups in total. The van der Waals surface area contributed by atoms with Gasteiger partial charge in [0, 0.05) is 5.56 Å². The highest BCUT2D eigenvalue weighted by atomic mass is 35.5. The molecule has 0 saturated carbocycles. The summed E-state index contributed by atoms with van der Waals surface area (Å²) in [5, 5.41) is 0.892. The van der Waals surface area contributed by atoms with Gasteiger partial charge in [0.2, 0.25) is 0 Å². The number of hydrogen-bond acceptors (Lipinski definition) is 2. The number of primary amides is 1. The van der Waals surface area contributed by atoms with Crippen LogP contribution in [0.5, 0.6) is 0 Å². The van der Waals surface area contributed by atoms with E-state index in [4.69, 9.17) is 33.4 Å². The molecule has 16 heavy (non-hydrogen) atoms. The van der Waals surface area contributed by atoms with Gasteiger partial charge in [-0.15, -0.1) is 0 Å². The second-order valence-corrected chi connectivity index (χ2v) is 3.97. The second-order valence-electron chi connectivity index (χ2n) is 3.16. The Bertz CT molecular complexity index is 549. The van der Waals surface area contributed by atoms with Gasteiger partial charge < -0.3 is 10.2 Å². The summed E-state index contributed by atoms with van der Waals surface area (Å²) in [7, 11) is 0. The average molecular weight is 256 g/mol. The van der Waals surface area contributed by atoms with Crippen molar-refractivity contribution in [1.82, 2.24) is 0 Å². The molecule has 1 aromatic heterocycles. The van der Waals surface area contributed by atoms with Crippen LogP contribution in [0, 0.1) is 0 Å². The molecule has 0 fully saturated rings. The van der Waals surface area contributed by atoms with Crippen LogP contribution in [0.4, 0.5) is 0 Å². The molecule has 3 nitrogen and oxygen atoms in total. The van der Waals surface area contributed by atoms with Crippen LogP contribution in [-0.2, 0) is 0 Å². The molecule has 0 aliphatic rings. The van der Waals surface area contributed by atoms with Crippen molar-refractivity contribution < 1.29 is 9.21 Å². The van der Waals surface area contributed by atoms with Gasteiger partial charge in [0.1, 0.15) is 5.76 Å². The summed E-state index contributed by atoms with van der Waals surface area (Å²) in [5.41, 5.74) is 5.82. The quantitative estimate of drug-likeness (QED) is 0.895. The minimum atomic E-state index is -0.605. The molecule has 0 radical (unpaired) electrons. The Morgan fingerprint density at radius 2 is 1.88 bits per heavy atom. The third kappa shape index (κ3) is 2.05. The normalized spacial score (nSPS) is 10.4. The molecule has 0 atom stereocenters. The smallest absolute Gasteiger partial charge is 0.284 e. The number of halogens is 2. The Kier molecular flexibility index (Phi) is 2.90. The number of hydrogen-bond donors (Lipinski definition) is 1. The molecular weight excluding hydrogens is 249 g/mol. The highest BCUT2D eigenvalue weighted by Crippen LogP contribution is 2.29. The van der Waals surface area contributed by atoms with Gasteiger partial charge in [-0.3, -0.25) is 4.79 Å². The molecule has 0 aliphatic carbocycles. The number of rotatable bonds is 2. The SMILES string of the molecule is NC(=O)c1ccc(-c2ccc(Cl)c(Cl)c2)o1. The summed E-state index contributed by atoms with van der Waals surface area (Å²) < 4.78 is 5.25. The first kappa shape index (κ1) is 11.0. The van der Waals surface area contributed by atoms with E-state index in [0.717, 1.165) is 5.56 Å². The van der Waals surface area contributed by atoms with Crippen LogP contribution in [-0.4, -0.2) is 5.91 Å². The van der Waals surface area contributed by atoms with Gasteiger partial charge in [0.15, 0.2) is 5.76 Å². The molecule has 2 aromatic rings. The van der Waals surface area contributed by atoms with Crippen LogP contribution in [0.3, 0.4) is 0 Å². The monoisotopic (exact) mass is 255 g/mol. The molecule has 2 rings (SSSR count). The van der Waals surface area contributed by atoms with E-state index >= 15 is 0 Å². The number of carbonyl (C=O) groups is 1. The van der Waals surface area contributed by atoms with Crippen molar-refractivity contribution in [3.05, 3.63) is 46.1 Å². The van der Waals surface area contributed by atoms with Crippen LogP contribution < -0.4 is 5.73 Å². The molecular formula is C11H7Cl2NO2. The number of nitrogens with two attached hydrogens (primary N) is 1. The summed E-state index contributed by atoms with van der Waals surface area (Å²) in [5.74, 6) is 0.0275. The van der Waals surface area contributed by atoms with E-state index in [0.29, 0.717) is 15.8 Å². The molecule has 0 unspecified atom stereocenters. The van der Waals surface area contributed by atoms with Crippen LogP contribution in [0.1, 0.15) is 10.6 Å². The van der Waals surface area contributed by atoms with E-state index in [2.05, 4.69) is 0 Å². The lowest BCUT2D eigenvalue weighted by Gasteiger charge is -1.99. The predicted octanol–water partition coefficient (Wildman–Crippen LogP) is 3.35. The van der Waals surface area contributed by atoms with Crippen molar-refractivity contribution in [1.29, 1.82) is 0 Å². The van der Waals surface area contributed by atoms with Crippen molar-refractivity contribution in [2.45, 2.75) is 0 Å². The first-order valence-corrected chi connectivity index (χ1v) is 5.18. The molecule has 5 heteroatoms. The van der Waals surface area contributed by atoms with Crippen molar-refractivity contribution in [2.75, 3.05) is 0 Å². The molecule has 1 amide bonds. The van der Waals surface area contributed by atoms with Crippen molar-refractivity contribution in [2.24, 2.45) is 5.73 Å². The third-order valence-electron chi connectivity index (χ3n) is 2.05. The zero-order chi connectivity index (χ0) is 11.7. The van der Waals surface area contributed by atoms with Gasteiger partial charge in [-0.2, -0.15) is 0 Å². The van der Waals surface area contributed by atoms with Gasteiger partial charge in [-0.1, -0.05) is 23.2 Å². The standard InChI is InChI=1S/C11H7Cl2NO2/c12-7-2-1-6(5-8(7)13)9-3-4-10(16-9)11(14)15/h1-5H,(H2,14,15). The van der Waals surface area contributed by atoms with Crippen molar-refractivity contribution in [3.8, 4) is 11.3 Å². The van der Waals surface area contributed by atoms with E-state index < -0.39 is 5.91 Å². The van der Waals surface area contributed by atoms with Gasteiger partial charge in [0.25, 0.3) is 5.91 Å². The van der Waals surface area contributed by atoms with E-state index in [1.807, 2.05) is 0 Å². The van der Waals surface area contributed by atoms with Crippen LogP contribution in [0.25, 0.3) is 11.3 Å². The molecule has 1 aromatic carbocycles. The lowest BCUT2D eigenvalue weighted by Crippen LogP contribution is -2.09. The van der Waals surface area contributed by atoms with E-state index in [-0.39, 0.29) is 5.76 Å². The van der Waals surface area contributed by atoms with Crippen LogP contribution in [0.2, 0.25) is 10.0 Å². The van der Waals surface area contributed by atoms with E-state index in [9.17, 15) is 4.79 Å². The molecule has 0 spiro atoms. The Balaban J connectivity index is 2.42. The molecule has 1 heterocycles. The lowest BCUT2D eigenvalue weighted by atomic mass is 10.2. The molecule has 0 aliphatic heterocycles. The summed E-state index contributed by atoms with van der Waals surface area (Å²) in [6, 6.07) is 8.23. The molecule has 0 bridgehead atoms. The highest BCUT2D eigenvalue weighted by molar-refractivity contribution is 6.42. The van der Waals surface area contributed by atoms with E-state index in [1.165, 1.54) is 6.07 Å². The maximum atomic E-state index is 10.8. The minimum absolute atomic E-state index is 0.112. The van der Waals surface area contributed by atoms with E-state index in [1.54, 1.807) is 24.3 Å². The molecule has 82 valence electrons. The fourth-order valence-corrected chi connectivity index (χ4v) is 1.57. The van der Waals surface area contributed by atoms with Gasteiger partial charge in [0.05, 0.1) is 10.0 Å². The highest BCUT2D eigenvalue weighted by Gasteiger charge is 2.09. The first-order valence-electron chi connectivity index (χ1n) is 4.43. The first-order chi connectivity index (χ1) is 7.58. The Morgan fingerprint density at radius 3 is 2.44 bits per heavy atom. The zero-order valence-electron chi connectivity index (χ0n) is 8.04. The zero-order valence-corrected chi connectivity index (χ0v) is 9.55. The van der Waals surface area contributed by atoms with Crippen molar-refractivity contribution >= 4 is 29.1 Å². The third-order valence-corrected chi connectivity index (χ3v) is 2.79. The maximum Gasteiger partial charge on any atom is 0.284 e. The Morgan fingerprint density at radius 1 is 1.12 bits per heavy atom. The largest absolute Gasteiger partial charge is 0.451 e. The number of benzene rings is 1. The number of furan rings is 1. The van der Waals surface area contributed by atoms with Gasteiger partial charge in [-0.25, -0.2) is 0 Å². The lowest BCUT2D eigenvalue weighted by molar-refractivity contribution is 0.0975. The second kappa shape index (κ2) is 4.20. The number of amides is 1. The molecule has 0 saturated heterocycles. The Hall–Kier alpha value is -1.45. The summed E-state index contributed by atoms with van der Waals surface area (Å²) in [6.45, 7) is 0. The van der Waals surface area contributed by atoms with Gasteiger partial charge in [-0.05, 0) is 30.3 Å². The fraction of sp³-hybridized carbons (Fsp3) is 0. The van der Waals surface area contributed by atoms with Crippen LogP contribution >= 0.6 is 23.2 Å². The Labute approximate surface area is 102 Å². The van der Waals surface area contributed by atoms with Crippen LogP contribution in [0.15, 0.2) is 34.7 Å². The summed E-state index contributed by atoms with van der Waals surface area (Å²) >= 11 is 11.7. The fourth-order valence-electron chi connectivity index (χ4n) is 1.27. The average Bonchev–Trinajstić information content (AvgIpc) is 2.71. The maximum absolute atomic E-state index is 10.8. The minimum Gasteiger partial charge on any atom is -0.451 e. The van der Waals surface area contributed by atoms with Crippen molar-refractivity contribution in [3.63, 3.8) is 0 Å². The topological polar surface area (TPSA) is 56.2 Å². The van der Waals surface area contributed by atoms with Gasteiger partial charge >= 0.3 is 0 Å². The summed E-state index contributed by atoms with van der Waals surface area (Å²) in [4.78, 5) is 10.8.